The molecule has 0 bridgehead atoms. The van der Waals surface area contributed by atoms with Crippen LogP contribution in [0.15, 0.2) is 79.0 Å². The molecule has 65 heavy (non-hydrogen) atoms. The molecule has 1 aliphatic carbocycles. The van der Waals surface area contributed by atoms with Gasteiger partial charge < -0.3 is 49.3 Å². The molecule has 4 aliphatic rings. The number of carbonyl (C=O) groups excluding carboxylic acids is 4. The number of H-pyrrole nitrogens is 2. The molecular formula is C49H52N8O8. The highest BCUT2D eigenvalue weighted by Gasteiger charge is 2.56. The summed E-state index contributed by atoms with van der Waals surface area (Å²) in [5, 5.41) is 7.44. The summed E-state index contributed by atoms with van der Waals surface area (Å²) in [4.78, 5) is 73.6. The van der Waals surface area contributed by atoms with Crippen molar-refractivity contribution in [2.75, 3.05) is 34.5 Å². The standard InChI is InChI=1S/C49H52N8O8/c1-25(2)41(54-48(60)63-4)47(59)57-37-18-30(37)19-39(57)44-50-21-36(52-44)29-11-13-32-31(16-29)24-65-40-20-33-28(17-34(32)40)12-14-35-43(33)53-45(51-35)38-15-26(23-62-3)22-56(38)46(58)42(55-49(61)64-5)27-9-7-6-8-10-27/h6-14,16-17,20-21,25-26,30,37-39,41-42H,15,18-19,22-24H2,1-5H3,(H,50,52)(H,51,53)(H,54,60)(H,55,61)/t26-,30?,37?,38?,39-,41-,42+/m0/s1. The number of alkyl carbamates (subject to hydrolysis) is 2. The van der Waals surface area contributed by atoms with Crippen molar-refractivity contribution >= 4 is 45.8 Å². The summed E-state index contributed by atoms with van der Waals surface area (Å²) in [6.45, 7) is 5.11. The van der Waals surface area contributed by atoms with Gasteiger partial charge in [-0.2, -0.15) is 0 Å². The molecule has 4 aromatic carbocycles. The number of rotatable bonds is 11. The summed E-state index contributed by atoms with van der Waals surface area (Å²) in [6.07, 6.45) is 2.91. The zero-order valence-electron chi connectivity index (χ0n) is 36.9. The largest absolute Gasteiger partial charge is 0.488 e. The minimum Gasteiger partial charge on any atom is -0.488 e. The van der Waals surface area contributed by atoms with Crippen LogP contribution in [0, 0.1) is 17.8 Å². The molecule has 10 rings (SSSR count). The summed E-state index contributed by atoms with van der Waals surface area (Å²) in [5.74, 6) is 2.13. The van der Waals surface area contributed by atoms with E-state index >= 15 is 0 Å². The Balaban J connectivity index is 0.914. The van der Waals surface area contributed by atoms with E-state index in [-0.39, 0.29) is 35.7 Å². The van der Waals surface area contributed by atoms with Crippen molar-refractivity contribution < 1.29 is 38.1 Å². The smallest absolute Gasteiger partial charge is 0.407 e. The van der Waals surface area contributed by atoms with Gasteiger partial charge >= 0.3 is 12.2 Å². The van der Waals surface area contributed by atoms with E-state index < -0.39 is 30.3 Å². The molecule has 0 radical (unpaired) electrons. The Labute approximate surface area is 375 Å². The fourth-order valence-electron chi connectivity index (χ4n) is 10.2. The summed E-state index contributed by atoms with van der Waals surface area (Å²) in [7, 11) is 4.23. The molecule has 4 N–H and O–H groups in total. The van der Waals surface area contributed by atoms with Crippen molar-refractivity contribution in [2.24, 2.45) is 17.8 Å². The minimum absolute atomic E-state index is 0.0597. The van der Waals surface area contributed by atoms with Gasteiger partial charge in [0.05, 0.1) is 55.8 Å². The van der Waals surface area contributed by atoms with Crippen molar-refractivity contribution in [1.82, 2.24) is 40.4 Å². The minimum atomic E-state index is -0.954. The summed E-state index contributed by atoms with van der Waals surface area (Å²) in [5.41, 5.74) is 7.15. The van der Waals surface area contributed by atoms with Gasteiger partial charge in [0.2, 0.25) is 5.91 Å². The first kappa shape index (κ1) is 42.0. The number of nitrogens with one attached hydrogen (secondary N) is 4. The normalized spacial score (nSPS) is 21.6. The maximum absolute atomic E-state index is 14.4. The Morgan fingerprint density at radius 1 is 0.846 bits per heavy atom. The maximum atomic E-state index is 14.4. The fraction of sp³-hybridized carbons (Fsp3) is 0.388. The Morgan fingerprint density at radius 2 is 1.65 bits per heavy atom. The number of hydrogen-bond acceptors (Lipinski definition) is 10. The van der Waals surface area contributed by atoms with E-state index in [1.807, 2.05) is 61.3 Å². The van der Waals surface area contributed by atoms with E-state index in [1.54, 1.807) is 12.0 Å². The van der Waals surface area contributed by atoms with Crippen molar-refractivity contribution in [2.45, 2.75) is 69.9 Å². The van der Waals surface area contributed by atoms with Crippen LogP contribution < -0.4 is 15.4 Å². The summed E-state index contributed by atoms with van der Waals surface area (Å²) >= 11 is 0. The Hall–Kier alpha value is -6.94. The van der Waals surface area contributed by atoms with Gasteiger partial charge in [-0.05, 0) is 83.0 Å². The number of hydrogen-bond donors (Lipinski definition) is 4. The quantitative estimate of drug-likeness (QED) is 0.102. The van der Waals surface area contributed by atoms with Crippen molar-refractivity contribution in [3.8, 4) is 28.1 Å². The predicted octanol–water partition coefficient (Wildman–Crippen LogP) is 7.34. The van der Waals surface area contributed by atoms with Crippen LogP contribution in [0.1, 0.15) is 74.0 Å². The number of fused-ring (bicyclic) bond motifs is 7. The van der Waals surface area contributed by atoms with E-state index in [4.69, 9.17) is 28.9 Å². The molecule has 0 spiro atoms. The van der Waals surface area contributed by atoms with Crippen LogP contribution >= 0.6 is 0 Å². The third-order valence-corrected chi connectivity index (χ3v) is 13.6. The van der Waals surface area contributed by atoms with Gasteiger partial charge in [0, 0.05) is 36.6 Å². The number of carbonyl (C=O) groups is 4. The molecule has 1 saturated carbocycles. The second-order valence-electron chi connectivity index (χ2n) is 18.0. The first-order chi connectivity index (χ1) is 31.5. The average Bonchev–Trinajstić information content (AvgIpc) is 3.79. The lowest BCUT2D eigenvalue weighted by atomic mass is 9.92. The molecule has 3 aliphatic heterocycles. The summed E-state index contributed by atoms with van der Waals surface area (Å²) < 4.78 is 21.7. The molecule has 336 valence electrons. The first-order valence-corrected chi connectivity index (χ1v) is 22.2. The zero-order valence-corrected chi connectivity index (χ0v) is 36.9. The monoisotopic (exact) mass is 880 g/mol. The summed E-state index contributed by atoms with van der Waals surface area (Å²) in [6, 6.07) is 21.6. The van der Waals surface area contributed by atoms with E-state index in [9.17, 15) is 19.2 Å². The van der Waals surface area contributed by atoms with E-state index in [0.717, 1.165) is 74.2 Å². The highest BCUT2D eigenvalue weighted by atomic mass is 16.5. The molecule has 6 aromatic rings. The zero-order chi connectivity index (χ0) is 45.1. The maximum Gasteiger partial charge on any atom is 0.407 e. The highest BCUT2D eigenvalue weighted by Crippen LogP contribution is 2.53. The van der Waals surface area contributed by atoms with Crippen LogP contribution in [-0.4, -0.2) is 100 Å². The number of piperidine rings is 1. The average molecular weight is 881 g/mol. The molecule has 16 heteroatoms. The molecule has 3 fully saturated rings. The van der Waals surface area contributed by atoms with Gasteiger partial charge in [-0.3, -0.25) is 9.59 Å². The van der Waals surface area contributed by atoms with Gasteiger partial charge in [0.15, 0.2) is 0 Å². The molecule has 5 heterocycles. The van der Waals surface area contributed by atoms with Gasteiger partial charge in [-0.15, -0.1) is 0 Å². The van der Waals surface area contributed by atoms with E-state index in [2.05, 4.69) is 57.0 Å². The molecule has 7 atom stereocenters. The molecule has 16 nitrogen and oxygen atoms in total. The molecule has 3 unspecified atom stereocenters. The molecule has 4 amide bonds. The number of methoxy groups -OCH3 is 3. The lowest BCUT2D eigenvalue weighted by Gasteiger charge is -2.31. The lowest BCUT2D eigenvalue weighted by Crippen LogP contribution is -2.52. The molecular weight excluding hydrogens is 829 g/mol. The topological polar surface area (TPSA) is 193 Å². The van der Waals surface area contributed by atoms with Crippen LogP contribution in [0.2, 0.25) is 0 Å². The van der Waals surface area contributed by atoms with Crippen LogP contribution in [0.25, 0.3) is 44.2 Å². The van der Waals surface area contributed by atoms with Crippen molar-refractivity contribution in [3.05, 3.63) is 102 Å². The number of nitrogens with zero attached hydrogens (tertiary/aromatic N) is 4. The number of amides is 4. The number of benzene rings is 4. The second kappa shape index (κ2) is 16.9. The Morgan fingerprint density at radius 3 is 2.42 bits per heavy atom. The van der Waals surface area contributed by atoms with Crippen LogP contribution in [0.3, 0.4) is 0 Å². The number of likely N-dealkylation sites (tertiary alicyclic amines) is 2. The van der Waals surface area contributed by atoms with Crippen LogP contribution in [0.4, 0.5) is 9.59 Å². The van der Waals surface area contributed by atoms with Gasteiger partial charge in [0.1, 0.15) is 36.1 Å². The number of imidazole rings is 2. The van der Waals surface area contributed by atoms with Crippen molar-refractivity contribution in [1.29, 1.82) is 0 Å². The van der Waals surface area contributed by atoms with Gasteiger partial charge in [0.25, 0.3) is 5.91 Å². The number of aromatic amines is 2. The highest BCUT2D eigenvalue weighted by molar-refractivity contribution is 6.07. The predicted molar refractivity (Wildman–Crippen MR) is 240 cm³/mol. The Kier molecular flexibility index (Phi) is 10.9. The lowest BCUT2D eigenvalue weighted by molar-refractivity contribution is -0.137. The third kappa shape index (κ3) is 7.68. The third-order valence-electron chi connectivity index (χ3n) is 13.6. The van der Waals surface area contributed by atoms with Gasteiger partial charge in [-0.1, -0.05) is 62.4 Å². The molecule has 2 aromatic heterocycles. The molecule has 2 saturated heterocycles. The Bertz CT molecular complexity index is 2820. The van der Waals surface area contributed by atoms with Crippen LogP contribution in [0.5, 0.6) is 5.75 Å². The van der Waals surface area contributed by atoms with E-state index in [0.29, 0.717) is 43.5 Å². The SMILES string of the molecule is COC[C@H]1CC(c2nc3ccc4cc5c(cc4c3[nH]2)OCc2cc(-c3cnc([C@@H]4CC6CC6N4C(=O)[C@@H](NC(=O)OC)C(C)C)[nH]3)ccc2-5)N(C(=O)[C@H](NC(=O)OC)c2ccccc2)C1. The van der Waals surface area contributed by atoms with Crippen LogP contribution in [-0.2, 0) is 30.4 Å². The van der Waals surface area contributed by atoms with Gasteiger partial charge in [-0.25, -0.2) is 19.6 Å². The fourth-order valence-corrected chi connectivity index (χ4v) is 10.2. The van der Waals surface area contributed by atoms with E-state index in [1.165, 1.54) is 14.2 Å². The second-order valence-corrected chi connectivity index (χ2v) is 18.0. The first-order valence-electron chi connectivity index (χ1n) is 22.2. The van der Waals surface area contributed by atoms with Crippen molar-refractivity contribution in [3.63, 3.8) is 0 Å². The number of aromatic nitrogens is 4. The number of ether oxygens (including phenoxy) is 4.